The summed E-state index contributed by atoms with van der Waals surface area (Å²) in [6.45, 7) is 1.94. The monoisotopic (exact) mass is 404 g/mol. The first-order chi connectivity index (χ1) is 12.8. The molecule has 1 N–H and O–H groups in total. The van der Waals surface area contributed by atoms with Crippen molar-refractivity contribution in [1.82, 2.24) is 9.78 Å². The molecule has 0 aliphatic rings. The zero-order valence-corrected chi connectivity index (χ0v) is 15.7. The molecule has 9 heteroatoms. The third-order valence-corrected chi connectivity index (χ3v) is 4.56. The van der Waals surface area contributed by atoms with Gasteiger partial charge in [-0.3, -0.25) is 19.6 Å². The maximum atomic E-state index is 12.5. The maximum Gasteiger partial charge on any atom is 0.273 e. The summed E-state index contributed by atoms with van der Waals surface area (Å²) in [5, 5.41) is 19.0. The van der Waals surface area contributed by atoms with E-state index in [0.717, 1.165) is 5.56 Å². The predicted octanol–water partition coefficient (Wildman–Crippen LogP) is 4.71. The van der Waals surface area contributed by atoms with Gasteiger partial charge in [-0.15, -0.1) is 0 Å². The molecule has 1 aromatic heterocycles. The largest absolute Gasteiger partial charge is 0.305 e. The third kappa shape index (κ3) is 4.27. The molecular weight excluding hydrogens is 391 g/mol. The number of carbonyl (C=O) groups excluding carboxylic acids is 1. The van der Waals surface area contributed by atoms with Crippen LogP contribution in [0.5, 0.6) is 0 Å². The standard InChI is InChI=1S/C18H14Cl2N4O3/c1-11-14(3-2-4-16(11)24(26)27)18(25)21-17-7-8-23(22-17)10-12-5-6-13(19)9-15(12)20/h2-9H,10H2,1H3,(H,21,22,25). The molecule has 0 bridgehead atoms. The summed E-state index contributed by atoms with van der Waals surface area (Å²) in [6.07, 6.45) is 1.70. The Morgan fingerprint density at radius 3 is 2.74 bits per heavy atom. The number of anilines is 1. The molecule has 7 nitrogen and oxygen atoms in total. The van der Waals surface area contributed by atoms with Crippen molar-refractivity contribution >= 4 is 40.6 Å². The Hall–Kier alpha value is -2.90. The van der Waals surface area contributed by atoms with Gasteiger partial charge in [0.05, 0.1) is 11.5 Å². The number of carbonyl (C=O) groups is 1. The van der Waals surface area contributed by atoms with Crippen LogP contribution in [0, 0.1) is 17.0 Å². The summed E-state index contributed by atoms with van der Waals surface area (Å²) in [5.74, 6) is -0.137. The molecule has 0 spiro atoms. The van der Waals surface area contributed by atoms with Crippen LogP contribution in [0.15, 0.2) is 48.7 Å². The number of nitrogens with zero attached hydrogens (tertiary/aromatic N) is 3. The van der Waals surface area contributed by atoms with E-state index >= 15 is 0 Å². The van der Waals surface area contributed by atoms with Gasteiger partial charge in [0.1, 0.15) is 0 Å². The lowest BCUT2D eigenvalue weighted by Crippen LogP contribution is -2.15. The Labute approximate surface area is 164 Å². The summed E-state index contributed by atoms with van der Waals surface area (Å²) in [6, 6.07) is 11.2. The Balaban J connectivity index is 1.75. The van der Waals surface area contributed by atoms with Gasteiger partial charge in [-0.1, -0.05) is 35.3 Å². The molecule has 0 aliphatic carbocycles. The molecule has 0 fully saturated rings. The van der Waals surface area contributed by atoms with Gasteiger partial charge in [0.2, 0.25) is 0 Å². The highest BCUT2D eigenvalue weighted by atomic mass is 35.5. The van der Waals surface area contributed by atoms with Crippen LogP contribution < -0.4 is 5.32 Å². The van der Waals surface area contributed by atoms with E-state index in [0.29, 0.717) is 28.0 Å². The fourth-order valence-corrected chi connectivity index (χ4v) is 3.06. The van der Waals surface area contributed by atoms with E-state index in [4.69, 9.17) is 23.2 Å². The van der Waals surface area contributed by atoms with E-state index < -0.39 is 10.8 Å². The highest BCUT2D eigenvalue weighted by Gasteiger charge is 2.18. The summed E-state index contributed by atoms with van der Waals surface area (Å²) in [7, 11) is 0. The maximum absolute atomic E-state index is 12.5. The number of benzene rings is 2. The van der Waals surface area contributed by atoms with Gasteiger partial charge >= 0.3 is 0 Å². The molecule has 0 saturated carbocycles. The topological polar surface area (TPSA) is 90.1 Å². The number of nitrogens with one attached hydrogen (secondary N) is 1. The van der Waals surface area contributed by atoms with Crippen LogP contribution in [0.2, 0.25) is 10.0 Å². The second-order valence-electron chi connectivity index (χ2n) is 5.80. The molecule has 2 aromatic carbocycles. The Morgan fingerprint density at radius 1 is 1.26 bits per heavy atom. The average Bonchev–Trinajstić information content (AvgIpc) is 3.04. The number of hydrogen-bond donors (Lipinski definition) is 1. The number of amides is 1. The van der Waals surface area contributed by atoms with Gasteiger partial charge in [-0.2, -0.15) is 5.10 Å². The van der Waals surface area contributed by atoms with Crippen molar-refractivity contribution in [2.75, 3.05) is 5.32 Å². The zero-order valence-electron chi connectivity index (χ0n) is 14.1. The number of nitro groups is 1. The molecule has 0 atom stereocenters. The van der Waals surface area contributed by atoms with Crippen molar-refractivity contribution in [1.29, 1.82) is 0 Å². The lowest BCUT2D eigenvalue weighted by Gasteiger charge is -2.07. The van der Waals surface area contributed by atoms with Crippen LogP contribution in [0.1, 0.15) is 21.5 Å². The number of hydrogen-bond acceptors (Lipinski definition) is 4. The molecule has 1 heterocycles. The van der Waals surface area contributed by atoms with Crippen molar-refractivity contribution < 1.29 is 9.72 Å². The van der Waals surface area contributed by atoms with Crippen molar-refractivity contribution in [3.63, 3.8) is 0 Å². The summed E-state index contributed by atoms with van der Waals surface area (Å²) >= 11 is 12.0. The molecule has 0 aliphatic heterocycles. The van der Waals surface area contributed by atoms with Crippen LogP contribution in [-0.4, -0.2) is 20.6 Å². The SMILES string of the molecule is Cc1c(C(=O)Nc2ccn(Cc3ccc(Cl)cc3Cl)n2)cccc1[N+](=O)[O-]. The smallest absolute Gasteiger partial charge is 0.273 e. The summed E-state index contributed by atoms with van der Waals surface area (Å²) in [4.78, 5) is 23.0. The molecule has 27 heavy (non-hydrogen) atoms. The van der Waals surface area contributed by atoms with Crippen LogP contribution in [0.3, 0.4) is 0 Å². The average molecular weight is 405 g/mol. The Bertz CT molecular complexity index is 1030. The van der Waals surface area contributed by atoms with Crippen LogP contribution in [0.25, 0.3) is 0 Å². The second-order valence-corrected chi connectivity index (χ2v) is 6.64. The molecule has 0 radical (unpaired) electrons. The zero-order chi connectivity index (χ0) is 19.6. The minimum absolute atomic E-state index is 0.106. The van der Waals surface area contributed by atoms with E-state index in [1.165, 1.54) is 25.1 Å². The minimum Gasteiger partial charge on any atom is -0.305 e. The molecular formula is C18H14Cl2N4O3. The van der Waals surface area contributed by atoms with Crippen LogP contribution in [-0.2, 0) is 6.54 Å². The van der Waals surface area contributed by atoms with Gasteiger partial charge < -0.3 is 5.32 Å². The first-order valence-corrected chi connectivity index (χ1v) is 8.63. The van der Waals surface area contributed by atoms with Gasteiger partial charge in [0, 0.05) is 39.5 Å². The van der Waals surface area contributed by atoms with Crippen molar-refractivity contribution in [2.45, 2.75) is 13.5 Å². The lowest BCUT2D eigenvalue weighted by atomic mass is 10.1. The summed E-state index contributed by atoms with van der Waals surface area (Å²) in [5.41, 5.74) is 1.24. The Kier molecular flexibility index (Phi) is 5.43. The molecule has 1 amide bonds. The molecule has 138 valence electrons. The van der Waals surface area contributed by atoms with Crippen molar-refractivity contribution in [3.05, 3.63) is 85.5 Å². The van der Waals surface area contributed by atoms with Crippen molar-refractivity contribution in [2.24, 2.45) is 0 Å². The molecule has 0 unspecified atom stereocenters. The highest BCUT2D eigenvalue weighted by Crippen LogP contribution is 2.23. The van der Waals surface area contributed by atoms with Crippen LogP contribution >= 0.6 is 23.2 Å². The second kappa shape index (κ2) is 7.77. The first kappa shape index (κ1) is 18.9. The molecule has 0 saturated heterocycles. The Morgan fingerprint density at radius 2 is 2.04 bits per heavy atom. The number of aromatic nitrogens is 2. The third-order valence-electron chi connectivity index (χ3n) is 3.98. The number of rotatable bonds is 5. The van der Waals surface area contributed by atoms with Gasteiger partial charge in [0.25, 0.3) is 11.6 Å². The van der Waals surface area contributed by atoms with Gasteiger partial charge in [-0.25, -0.2) is 0 Å². The number of halogens is 2. The van der Waals surface area contributed by atoms with E-state index in [2.05, 4.69) is 10.4 Å². The van der Waals surface area contributed by atoms with E-state index in [9.17, 15) is 14.9 Å². The highest BCUT2D eigenvalue weighted by molar-refractivity contribution is 6.35. The van der Waals surface area contributed by atoms with Gasteiger partial charge in [-0.05, 0) is 30.7 Å². The van der Waals surface area contributed by atoms with E-state index in [1.54, 1.807) is 35.1 Å². The van der Waals surface area contributed by atoms with E-state index in [1.807, 2.05) is 0 Å². The predicted molar refractivity (Wildman–Crippen MR) is 104 cm³/mol. The fraction of sp³-hybridized carbons (Fsp3) is 0.111. The van der Waals surface area contributed by atoms with Crippen molar-refractivity contribution in [3.8, 4) is 0 Å². The van der Waals surface area contributed by atoms with Crippen LogP contribution in [0.4, 0.5) is 11.5 Å². The van der Waals surface area contributed by atoms with E-state index in [-0.39, 0.29) is 11.3 Å². The quantitative estimate of drug-likeness (QED) is 0.492. The molecule has 3 rings (SSSR count). The minimum atomic E-state index is -0.517. The van der Waals surface area contributed by atoms with Gasteiger partial charge in [0.15, 0.2) is 5.82 Å². The first-order valence-electron chi connectivity index (χ1n) is 7.88. The fourth-order valence-electron chi connectivity index (χ4n) is 2.59. The summed E-state index contributed by atoms with van der Waals surface area (Å²) < 4.78 is 1.62. The number of nitro benzene ring substituents is 1. The normalized spacial score (nSPS) is 10.6. The molecule has 3 aromatic rings. The lowest BCUT2D eigenvalue weighted by molar-refractivity contribution is -0.385.